The van der Waals surface area contributed by atoms with E-state index in [1.54, 1.807) is 7.11 Å². The van der Waals surface area contributed by atoms with Crippen molar-refractivity contribution in [2.45, 2.75) is 26.9 Å². The number of nitrogens with zero attached hydrogens (tertiary/aromatic N) is 1. The van der Waals surface area contributed by atoms with Crippen LogP contribution in [0.1, 0.15) is 23.2 Å². The summed E-state index contributed by atoms with van der Waals surface area (Å²) in [7, 11) is 1.65. The number of aromatic nitrogens is 1. The van der Waals surface area contributed by atoms with Crippen molar-refractivity contribution in [3.8, 4) is 5.88 Å². The molecule has 0 amide bonds. The van der Waals surface area contributed by atoms with E-state index in [1.807, 2.05) is 19.9 Å². The Hall–Kier alpha value is -1.17. The zero-order valence-electron chi connectivity index (χ0n) is 11.9. The van der Waals surface area contributed by atoms with Gasteiger partial charge < -0.3 is 19.3 Å². The van der Waals surface area contributed by atoms with Crippen molar-refractivity contribution in [1.29, 1.82) is 0 Å². The van der Waals surface area contributed by atoms with E-state index in [-0.39, 0.29) is 6.61 Å². The number of methoxy groups -OCH3 is 1. The van der Waals surface area contributed by atoms with E-state index in [9.17, 15) is 5.11 Å². The minimum Gasteiger partial charge on any atom is -0.477 e. The third kappa shape index (κ3) is 5.55. The highest BCUT2D eigenvalue weighted by Crippen LogP contribution is 2.20. The summed E-state index contributed by atoms with van der Waals surface area (Å²) in [4.78, 5) is 4.31. The first-order valence-electron chi connectivity index (χ1n) is 6.46. The van der Waals surface area contributed by atoms with Gasteiger partial charge in [0.2, 0.25) is 5.88 Å². The van der Waals surface area contributed by atoms with Gasteiger partial charge >= 0.3 is 0 Å². The molecule has 0 aliphatic carbocycles. The fraction of sp³-hybridized carbons (Fsp3) is 0.643. The minimum atomic E-state index is -0.0568. The summed E-state index contributed by atoms with van der Waals surface area (Å²) in [5.41, 5.74) is 2.65. The molecule has 0 saturated heterocycles. The monoisotopic (exact) mass is 269 g/mol. The molecule has 0 saturated carbocycles. The minimum absolute atomic E-state index is 0.0568. The summed E-state index contributed by atoms with van der Waals surface area (Å²) in [6.45, 7) is 6.15. The maximum absolute atomic E-state index is 9.33. The van der Waals surface area contributed by atoms with Crippen molar-refractivity contribution in [3.05, 3.63) is 22.9 Å². The summed E-state index contributed by atoms with van der Waals surface area (Å²) in [5.74, 6) is 0.525. The smallest absolute Gasteiger partial charge is 0.219 e. The molecule has 0 aliphatic heterocycles. The standard InChI is InChI=1S/C14H23NO4/c1-11-9-12(2)15-14(13(11)10-16)19-6-4-5-18-8-7-17-3/h9,16H,4-8,10H2,1-3H3. The van der Waals surface area contributed by atoms with E-state index in [2.05, 4.69) is 4.98 Å². The maximum atomic E-state index is 9.33. The van der Waals surface area contributed by atoms with Gasteiger partial charge in [-0.05, 0) is 25.5 Å². The molecule has 0 bridgehead atoms. The lowest BCUT2D eigenvalue weighted by molar-refractivity contribution is 0.0640. The van der Waals surface area contributed by atoms with Gasteiger partial charge in [0.15, 0.2) is 0 Å². The van der Waals surface area contributed by atoms with Gasteiger partial charge in [-0.1, -0.05) is 0 Å². The number of aryl methyl sites for hydroxylation is 2. The Kier molecular flexibility index (Phi) is 7.40. The number of hydrogen-bond acceptors (Lipinski definition) is 5. The van der Waals surface area contributed by atoms with Crippen molar-refractivity contribution in [2.75, 3.05) is 33.5 Å². The number of aliphatic hydroxyl groups is 1. The highest BCUT2D eigenvalue weighted by molar-refractivity contribution is 5.35. The molecule has 0 unspecified atom stereocenters. The SMILES string of the molecule is COCCOCCCOc1nc(C)cc(C)c1CO. The zero-order chi connectivity index (χ0) is 14.1. The van der Waals surface area contributed by atoms with Crippen LogP contribution in [-0.4, -0.2) is 43.6 Å². The van der Waals surface area contributed by atoms with Gasteiger partial charge in [-0.15, -0.1) is 0 Å². The van der Waals surface area contributed by atoms with Gasteiger partial charge in [0.25, 0.3) is 0 Å². The Balaban J connectivity index is 2.36. The topological polar surface area (TPSA) is 60.8 Å². The van der Waals surface area contributed by atoms with Crippen molar-refractivity contribution in [1.82, 2.24) is 4.98 Å². The van der Waals surface area contributed by atoms with Crippen LogP contribution in [-0.2, 0) is 16.1 Å². The van der Waals surface area contributed by atoms with Gasteiger partial charge in [0.1, 0.15) is 0 Å². The van der Waals surface area contributed by atoms with Crippen LogP contribution in [0.3, 0.4) is 0 Å². The molecule has 5 heteroatoms. The molecule has 1 rings (SSSR count). The van der Waals surface area contributed by atoms with Gasteiger partial charge in [-0.2, -0.15) is 0 Å². The van der Waals surface area contributed by atoms with E-state index in [4.69, 9.17) is 14.2 Å². The Morgan fingerprint density at radius 3 is 2.63 bits per heavy atom. The largest absolute Gasteiger partial charge is 0.477 e. The predicted octanol–water partition coefficient (Wildman–Crippen LogP) is 1.62. The van der Waals surface area contributed by atoms with Crippen LogP contribution >= 0.6 is 0 Å². The molecule has 1 aromatic rings. The first-order valence-corrected chi connectivity index (χ1v) is 6.46. The Bertz CT molecular complexity index is 382. The Morgan fingerprint density at radius 2 is 1.95 bits per heavy atom. The van der Waals surface area contributed by atoms with E-state index in [0.29, 0.717) is 32.3 Å². The van der Waals surface area contributed by atoms with E-state index in [1.165, 1.54) is 0 Å². The van der Waals surface area contributed by atoms with Crippen LogP contribution in [0.2, 0.25) is 0 Å². The van der Waals surface area contributed by atoms with E-state index >= 15 is 0 Å². The summed E-state index contributed by atoms with van der Waals surface area (Å²) in [5, 5.41) is 9.33. The van der Waals surface area contributed by atoms with Gasteiger partial charge in [-0.3, -0.25) is 0 Å². The Morgan fingerprint density at radius 1 is 1.16 bits per heavy atom. The Labute approximate surface area is 114 Å². The van der Waals surface area contributed by atoms with Crippen LogP contribution in [0.4, 0.5) is 0 Å². The average molecular weight is 269 g/mol. The van der Waals surface area contributed by atoms with E-state index < -0.39 is 0 Å². The second-order valence-corrected chi connectivity index (χ2v) is 4.33. The molecule has 0 radical (unpaired) electrons. The molecule has 0 fully saturated rings. The van der Waals surface area contributed by atoms with Crippen molar-refractivity contribution < 1.29 is 19.3 Å². The molecule has 0 aliphatic rings. The second kappa shape index (κ2) is 8.85. The fourth-order valence-electron chi connectivity index (χ4n) is 1.71. The first kappa shape index (κ1) is 15.9. The number of rotatable bonds is 9. The fourth-order valence-corrected chi connectivity index (χ4v) is 1.71. The lowest BCUT2D eigenvalue weighted by atomic mass is 10.1. The van der Waals surface area contributed by atoms with E-state index in [0.717, 1.165) is 23.2 Å². The molecule has 1 N–H and O–H groups in total. The van der Waals surface area contributed by atoms with Gasteiger partial charge in [0.05, 0.1) is 26.4 Å². The lowest BCUT2D eigenvalue weighted by Crippen LogP contribution is -2.09. The summed E-state index contributed by atoms with van der Waals surface area (Å²) >= 11 is 0. The number of aliphatic hydroxyl groups excluding tert-OH is 1. The van der Waals surface area contributed by atoms with Crippen LogP contribution in [0.15, 0.2) is 6.07 Å². The number of hydrogen-bond donors (Lipinski definition) is 1. The lowest BCUT2D eigenvalue weighted by Gasteiger charge is -2.12. The highest BCUT2D eigenvalue weighted by atomic mass is 16.5. The molecule has 108 valence electrons. The quantitative estimate of drug-likeness (QED) is 0.690. The molecule has 19 heavy (non-hydrogen) atoms. The first-order chi connectivity index (χ1) is 9.19. The summed E-state index contributed by atoms with van der Waals surface area (Å²) in [6.07, 6.45) is 0.781. The highest BCUT2D eigenvalue weighted by Gasteiger charge is 2.09. The molecular formula is C14H23NO4. The van der Waals surface area contributed by atoms with Crippen molar-refractivity contribution >= 4 is 0 Å². The van der Waals surface area contributed by atoms with Gasteiger partial charge in [-0.25, -0.2) is 4.98 Å². The van der Waals surface area contributed by atoms with Crippen molar-refractivity contribution in [3.63, 3.8) is 0 Å². The van der Waals surface area contributed by atoms with Crippen LogP contribution < -0.4 is 4.74 Å². The molecule has 1 aromatic heterocycles. The molecule has 0 aromatic carbocycles. The predicted molar refractivity (Wildman–Crippen MR) is 72.4 cm³/mol. The normalized spacial score (nSPS) is 10.7. The second-order valence-electron chi connectivity index (χ2n) is 4.33. The molecule has 0 spiro atoms. The number of pyridine rings is 1. The number of ether oxygens (including phenoxy) is 3. The summed E-state index contributed by atoms with van der Waals surface area (Å²) < 4.78 is 15.8. The average Bonchev–Trinajstić information content (AvgIpc) is 2.37. The van der Waals surface area contributed by atoms with Crippen molar-refractivity contribution in [2.24, 2.45) is 0 Å². The van der Waals surface area contributed by atoms with Crippen LogP contribution in [0.25, 0.3) is 0 Å². The maximum Gasteiger partial charge on any atom is 0.219 e. The summed E-state index contributed by atoms with van der Waals surface area (Å²) in [6, 6.07) is 1.94. The third-order valence-electron chi connectivity index (χ3n) is 2.70. The zero-order valence-corrected chi connectivity index (χ0v) is 11.9. The van der Waals surface area contributed by atoms with Gasteiger partial charge in [0, 0.05) is 31.4 Å². The van der Waals surface area contributed by atoms with Crippen LogP contribution in [0.5, 0.6) is 5.88 Å². The molecular weight excluding hydrogens is 246 g/mol. The third-order valence-corrected chi connectivity index (χ3v) is 2.70. The molecule has 0 atom stereocenters. The van der Waals surface area contributed by atoms with Crippen LogP contribution in [0, 0.1) is 13.8 Å². The molecule has 1 heterocycles. The molecule has 5 nitrogen and oxygen atoms in total.